The predicted molar refractivity (Wildman–Crippen MR) is 67.3 cm³/mol. The van der Waals surface area contributed by atoms with Gasteiger partial charge in [-0.15, -0.1) is 0 Å². The van der Waals surface area contributed by atoms with Crippen molar-refractivity contribution in [3.63, 3.8) is 0 Å². The summed E-state index contributed by atoms with van der Waals surface area (Å²) in [5.74, 6) is -0.576. The standard InChI is InChI=1S/C12H12BrNO3/c13-9-3-1-8(2-4-9)5-10-7-17-11(14-10)6-12(15)16/h1-4,10H,5-7H2,(H,15,16). The van der Waals surface area contributed by atoms with Crippen LogP contribution in [0.2, 0.25) is 0 Å². The van der Waals surface area contributed by atoms with Crippen LogP contribution < -0.4 is 0 Å². The second-order valence-electron chi connectivity index (χ2n) is 3.89. The zero-order valence-corrected chi connectivity index (χ0v) is 10.7. The van der Waals surface area contributed by atoms with Crippen molar-refractivity contribution in [2.24, 2.45) is 4.99 Å². The number of carboxylic acid groups (broad SMARTS) is 1. The number of halogens is 1. The van der Waals surface area contributed by atoms with Crippen LogP contribution in [0.4, 0.5) is 0 Å². The molecule has 17 heavy (non-hydrogen) atoms. The van der Waals surface area contributed by atoms with Gasteiger partial charge in [0, 0.05) is 4.47 Å². The zero-order chi connectivity index (χ0) is 12.3. The third-order valence-electron chi connectivity index (χ3n) is 2.46. The molecule has 5 heteroatoms. The molecule has 0 bridgehead atoms. The van der Waals surface area contributed by atoms with Crippen LogP contribution in [0.1, 0.15) is 12.0 Å². The summed E-state index contributed by atoms with van der Waals surface area (Å²) in [6, 6.07) is 8.04. The van der Waals surface area contributed by atoms with E-state index in [0.717, 1.165) is 10.9 Å². The molecule has 90 valence electrons. The first-order chi connectivity index (χ1) is 8.13. The third-order valence-corrected chi connectivity index (χ3v) is 2.98. The van der Waals surface area contributed by atoms with Crippen molar-refractivity contribution in [2.45, 2.75) is 18.9 Å². The molecule has 4 nitrogen and oxygen atoms in total. The van der Waals surface area contributed by atoms with Crippen molar-refractivity contribution < 1.29 is 14.6 Å². The second kappa shape index (κ2) is 5.31. The van der Waals surface area contributed by atoms with Crippen LogP contribution in [0.25, 0.3) is 0 Å². The van der Waals surface area contributed by atoms with E-state index in [1.807, 2.05) is 24.3 Å². The molecule has 2 rings (SSSR count). The number of aliphatic carboxylic acids is 1. The van der Waals surface area contributed by atoms with Crippen molar-refractivity contribution in [2.75, 3.05) is 6.61 Å². The molecule has 1 aliphatic rings. The van der Waals surface area contributed by atoms with Gasteiger partial charge in [-0.05, 0) is 24.1 Å². The van der Waals surface area contributed by atoms with Crippen LogP contribution in [-0.4, -0.2) is 29.6 Å². The van der Waals surface area contributed by atoms with Crippen LogP contribution in [0.15, 0.2) is 33.7 Å². The first-order valence-corrected chi connectivity index (χ1v) is 6.08. The maximum atomic E-state index is 10.5. The number of rotatable bonds is 4. The lowest BCUT2D eigenvalue weighted by molar-refractivity contribution is -0.135. The normalized spacial score (nSPS) is 18.6. The molecule has 0 aromatic heterocycles. The monoisotopic (exact) mass is 297 g/mol. The van der Waals surface area contributed by atoms with Crippen LogP contribution >= 0.6 is 15.9 Å². The minimum atomic E-state index is -0.909. The Labute approximate surface area is 107 Å². The molecular weight excluding hydrogens is 286 g/mol. The van der Waals surface area contributed by atoms with Crippen molar-refractivity contribution >= 4 is 27.8 Å². The van der Waals surface area contributed by atoms with Crippen LogP contribution in [0.5, 0.6) is 0 Å². The number of nitrogens with zero attached hydrogens (tertiary/aromatic N) is 1. The molecule has 1 unspecified atom stereocenters. The summed E-state index contributed by atoms with van der Waals surface area (Å²) in [6.45, 7) is 0.471. The largest absolute Gasteiger partial charge is 0.481 e. The maximum Gasteiger partial charge on any atom is 0.312 e. The molecule has 1 aliphatic heterocycles. The van der Waals surface area contributed by atoms with Gasteiger partial charge in [0.25, 0.3) is 0 Å². The summed E-state index contributed by atoms with van der Waals surface area (Å²) < 4.78 is 6.27. The lowest BCUT2D eigenvalue weighted by Crippen LogP contribution is -2.10. The van der Waals surface area contributed by atoms with Gasteiger partial charge in [0.1, 0.15) is 13.0 Å². The Bertz CT molecular complexity index is 442. The molecule has 0 aliphatic carbocycles. The number of benzene rings is 1. The zero-order valence-electron chi connectivity index (χ0n) is 9.10. The number of ether oxygens (including phenoxy) is 1. The Morgan fingerprint density at radius 2 is 2.18 bits per heavy atom. The molecule has 0 fully saturated rings. The van der Waals surface area contributed by atoms with Gasteiger partial charge < -0.3 is 9.84 Å². The highest BCUT2D eigenvalue weighted by Gasteiger charge is 2.20. The lowest BCUT2D eigenvalue weighted by Gasteiger charge is -2.04. The third kappa shape index (κ3) is 3.56. The fourth-order valence-electron chi connectivity index (χ4n) is 1.69. The molecule has 0 amide bonds. The average molecular weight is 298 g/mol. The molecule has 0 saturated carbocycles. The Morgan fingerprint density at radius 3 is 2.82 bits per heavy atom. The number of hydrogen-bond donors (Lipinski definition) is 1. The van der Waals surface area contributed by atoms with Gasteiger partial charge in [0.05, 0.1) is 6.04 Å². The lowest BCUT2D eigenvalue weighted by atomic mass is 10.1. The van der Waals surface area contributed by atoms with E-state index in [4.69, 9.17) is 9.84 Å². The van der Waals surface area contributed by atoms with E-state index < -0.39 is 5.97 Å². The fourth-order valence-corrected chi connectivity index (χ4v) is 1.96. The number of hydrogen-bond acceptors (Lipinski definition) is 3. The predicted octanol–water partition coefficient (Wildman–Crippen LogP) is 2.26. The van der Waals surface area contributed by atoms with Crippen molar-refractivity contribution in [1.82, 2.24) is 0 Å². The Hall–Kier alpha value is -1.36. The smallest absolute Gasteiger partial charge is 0.312 e. The highest BCUT2D eigenvalue weighted by molar-refractivity contribution is 9.10. The van der Waals surface area contributed by atoms with E-state index >= 15 is 0 Å². The first-order valence-electron chi connectivity index (χ1n) is 5.29. The average Bonchev–Trinajstić information content (AvgIpc) is 2.68. The van der Waals surface area contributed by atoms with Crippen LogP contribution in [0, 0.1) is 0 Å². The SMILES string of the molecule is O=C(O)CC1=NC(Cc2ccc(Br)cc2)CO1. The van der Waals surface area contributed by atoms with Gasteiger partial charge in [0.2, 0.25) is 0 Å². The van der Waals surface area contributed by atoms with Gasteiger partial charge in [-0.1, -0.05) is 28.1 Å². The summed E-state index contributed by atoms with van der Waals surface area (Å²) in [4.78, 5) is 14.7. The van der Waals surface area contributed by atoms with E-state index in [9.17, 15) is 4.79 Å². The maximum absolute atomic E-state index is 10.5. The van der Waals surface area contributed by atoms with Crippen molar-refractivity contribution in [1.29, 1.82) is 0 Å². The first kappa shape index (κ1) is 12.1. The molecule has 0 saturated heterocycles. The summed E-state index contributed by atoms with van der Waals surface area (Å²) >= 11 is 3.38. The summed E-state index contributed by atoms with van der Waals surface area (Å²) in [6.07, 6.45) is 0.646. The Morgan fingerprint density at radius 1 is 1.47 bits per heavy atom. The second-order valence-corrected chi connectivity index (χ2v) is 4.80. The van der Waals surface area contributed by atoms with E-state index in [0.29, 0.717) is 12.5 Å². The Kier molecular flexibility index (Phi) is 3.78. The Balaban J connectivity index is 1.95. The molecule has 1 N–H and O–H groups in total. The van der Waals surface area contributed by atoms with Crippen LogP contribution in [-0.2, 0) is 16.0 Å². The molecule has 1 heterocycles. The highest BCUT2D eigenvalue weighted by Crippen LogP contribution is 2.16. The number of carbonyl (C=O) groups is 1. The van der Waals surface area contributed by atoms with Crippen molar-refractivity contribution in [3.05, 3.63) is 34.3 Å². The summed E-state index contributed by atoms with van der Waals surface area (Å²) in [5.41, 5.74) is 1.17. The molecule has 1 aromatic rings. The highest BCUT2D eigenvalue weighted by atomic mass is 79.9. The van der Waals surface area contributed by atoms with E-state index in [2.05, 4.69) is 20.9 Å². The molecule has 1 atom stereocenters. The van der Waals surface area contributed by atoms with Gasteiger partial charge in [0.15, 0.2) is 5.90 Å². The molecular formula is C12H12BrNO3. The molecule has 0 spiro atoms. The van der Waals surface area contributed by atoms with Gasteiger partial charge >= 0.3 is 5.97 Å². The van der Waals surface area contributed by atoms with Crippen LogP contribution in [0.3, 0.4) is 0 Å². The topological polar surface area (TPSA) is 58.9 Å². The van der Waals surface area contributed by atoms with Crippen molar-refractivity contribution in [3.8, 4) is 0 Å². The summed E-state index contributed by atoms with van der Waals surface area (Å²) in [5, 5.41) is 8.61. The quantitative estimate of drug-likeness (QED) is 0.927. The number of aliphatic imine (C=N–C) groups is 1. The van der Waals surface area contributed by atoms with Gasteiger partial charge in [-0.25, -0.2) is 4.99 Å². The molecule has 0 radical (unpaired) electrons. The summed E-state index contributed by atoms with van der Waals surface area (Å²) in [7, 11) is 0. The minimum Gasteiger partial charge on any atom is -0.481 e. The van der Waals surface area contributed by atoms with Gasteiger partial charge in [-0.3, -0.25) is 4.79 Å². The number of carboxylic acids is 1. The molecule has 1 aromatic carbocycles. The van der Waals surface area contributed by atoms with E-state index in [-0.39, 0.29) is 12.5 Å². The van der Waals surface area contributed by atoms with E-state index in [1.165, 1.54) is 5.56 Å². The minimum absolute atomic E-state index is 0.0329. The van der Waals surface area contributed by atoms with Gasteiger partial charge in [-0.2, -0.15) is 0 Å². The fraction of sp³-hybridized carbons (Fsp3) is 0.333. The van der Waals surface area contributed by atoms with E-state index in [1.54, 1.807) is 0 Å².